The first-order chi connectivity index (χ1) is 24.3. The van der Waals surface area contributed by atoms with E-state index < -0.39 is 0 Å². The molecule has 10 rings (SSSR count). The van der Waals surface area contributed by atoms with Crippen molar-refractivity contribution < 1.29 is 4.42 Å². The fourth-order valence-electron chi connectivity index (χ4n) is 7.49. The third-order valence-corrected chi connectivity index (χ3v) is 9.74. The number of nitrogens with zero attached hydrogens (tertiary/aromatic N) is 2. The van der Waals surface area contributed by atoms with Gasteiger partial charge in [-0.3, -0.25) is 0 Å². The minimum absolute atomic E-state index is 0.884. The SMILES string of the molecule is c1ccc(N(c2ccc3ccccc3c2)c2cc(-c3ccc(-n4c5ccccc5c5ccccc54)cc3)c3oc4ccccc4c3c2)cc1. The molecule has 0 saturated carbocycles. The summed E-state index contributed by atoms with van der Waals surface area (Å²) in [7, 11) is 0. The molecule has 0 unspecified atom stereocenters. The smallest absolute Gasteiger partial charge is 0.143 e. The molecule has 0 bridgehead atoms. The van der Waals surface area contributed by atoms with Gasteiger partial charge in [0.25, 0.3) is 0 Å². The van der Waals surface area contributed by atoms with Crippen molar-refractivity contribution in [3.8, 4) is 16.8 Å². The van der Waals surface area contributed by atoms with Crippen LogP contribution in [0, 0.1) is 0 Å². The normalized spacial score (nSPS) is 11.7. The molecule has 2 aromatic heterocycles. The zero-order valence-corrected chi connectivity index (χ0v) is 26.6. The maximum absolute atomic E-state index is 6.64. The molecule has 0 N–H and O–H groups in total. The molecule has 0 fully saturated rings. The monoisotopic (exact) mass is 626 g/mol. The molecule has 0 aliphatic heterocycles. The zero-order chi connectivity index (χ0) is 32.3. The molecule has 0 saturated heterocycles. The van der Waals surface area contributed by atoms with Crippen LogP contribution in [0.15, 0.2) is 186 Å². The van der Waals surface area contributed by atoms with Crippen molar-refractivity contribution in [1.82, 2.24) is 4.57 Å². The number of anilines is 3. The number of para-hydroxylation sites is 4. The Morgan fingerprint density at radius 3 is 1.80 bits per heavy atom. The molecular formula is C46H30N2O. The van der Waals surface area contributed by atoms with E-state index in [0.29, 0.717) is 0 Å². The van der Waals surface area contributed by atoms with E-state index in [9.17, 15) is 0 Å². The second-order valence-electron chi connectivity index (χ2n) is 12.6. The van der Waals surface area contributed by atoms with Crippen molar-refractivity contribution in [3.63, 3.8) is 0 Å². The highest BCUT2D eigenvalue weighted by Crippen LogP contribution is 2.44. The van der Waals surface area contributed by atoms with E-state index in [1.807, 2.05) is 6.07 Å². The standard InChI is InChI=1S/C46H30N2O/c1-2-14-34(15-3-1)47(36-27-22-31-12-4-5-13-33(31)28-36)37-29-41(46-42(30-37)40-18-8-11-21-45(40)49-46)32-23-25-35(26-24-32)48-43-19-9-6-16-38(43)39-17-7-10-20-44(39)48/h1-30H. The molecule has 0 spiro atoms. The third-order valence-electron chi connectivity index (χ3n) is 9.74. The van der Waals surface area contributed by atoms with Crippen LogP contribution in [0.2, 0.25) is 0 Å². The summed E-state index contributed by atoms with van der Waals surface area (Å²) >= 11 is 0. The summed E-state index contributed by atoms with van der Waals surface area (Å²) in [4.78, 5) is 2.35. The largest absolute Gasteiger partial charge is 0.455 e. The Kier molecular flexibility index (Phi) is 6.18. The van der Waals surface area contributed by atoms with Gasteiger partial charge in [0.15, 0.2) is 0 Å². The number of rotatable bonds is 5. The van der Waals surface area contributed by atoms with Crippen LogP contribution in [0.1, 0.15) is 0 Å². The first kappa shape index (κ1) is 27.5. The fraction of sp³-hybridized carbons (Fsp3) is 0. The Bertz CT molecular complexity index is 2770. The molecule has 0 amide bonds. The van der Waals surface area contributed by atoms with Gasteiger partial charge in [0, 0.05) is 49.9 Å². The quantitative estimate of drug-likeness (QED) is 0.190. The highest BCUT2D eigenvalue weighted by atomic mass is 16.3. The Morgan fingerprint density at radius 2 is 1.04 bits per heavy atom. The van der Waals surface area contributed by atoms with Gasteiger partial charge >= 0.3 is 0 Å². The minimum Gasteiger partial charge on any atom is -0.455 e. The highest BCUT2D eigenvalue weighted by Gasteiger charge is 2.20. The van der Waals surface area contributed by atoms with Crippen LogP contribution >= 0.6 is 0 Å². The Morgan fingerprint density at radius 1 is 0.408 bits per heavy atom. The summed E-state index contributed by atoms with van der Waals surface area (Å²) < 4.78 is 9.00. The Hall–Kier alpha value is -6.58. The van der Waals surface area contributed by atoms with Gasteiger partial charge in [-0.25, -0.2) is 0 Å². The summed E-state index contributed by atoms with van der Waals surface area (Å²) in [6, 6.07) is 65.0. The lowest BCUT2D eigenvalue weighted by Crippen LogP contribution is -2.10. The van der Waals surface area contributed by atoms with E-state index >= 15 is 0 Å². The summed E-state index contributed by atoms with van der Waals surface area (Å²) in [5, 5.41) is 7.14. The number of hydrogen-bond acceptors (Lipinski definition) is 2. The second kappa shape index (κ2) is 11.0. The molecule has 0 atom stereocenters. The predicted octanol–water partition coefficient (Wildman–Crippen LogP) is 13.0. The van der Waals surface area contributed by atoms with E-state index in [0.717, 1.165) is 55.8 Å². The van der Waals surface area contributed by atoms with Crippen molar-refractivity contribution >= 4 is 71.6 Å². The highest BCUT2D eigenvalue weighted by molar-refractivity contribution is 6.12. The summed E-state index contributed by atoms with van der Waals surface area (Å²) in [5.41, 5.74) is 10.7. The van der Waals surface area contributed by atoms with Crippen LogP contribution in [0.5, 0.6) is 0 Å². The van der Waals surface area contributed by atoms with Crippen molar-refractivity contribution in [1.29, 1.82) is 0 Å². The molecule has 0 radical (unpaired) electrons. The molecular weight excluding hydrogens is 597 g/mol. The Labute approximate surface area is 283 Å². The van der Waals surface area contributed by atoms with E-state index in [-0.39, 0.29) is 0 Å². The van der Waals surface area contributed by atoms with Gasteiger partial charge in [-0.2, -0.15) is 0 Å². The van der Waals surface area contributed by atoms with Crippen LogP contribution in [-0.4, -0.2) is 4.57 Å². The van der Waals surface area contributed by atoms with Crippen LogP contribution < -0.4 is 4.90 Å². The fourth-order valence-corrected chi connectivity index (χ4v) is 7.49. The topological polar surface area (TPSA) is 21.3 Å². The molecule has 2 heterocycles. The minimum atomic E-state index is 0.884. The molecule has 49 heavy (non-hydrogen) atoms. The average molecular weight is 627 g/mol. The van der Waals surface area contributed by atoms with E-state index in [1.165, 1.54) is 32.6 Å². The van der Waals surface area contributed by atoms with Gasteiger partial charge in [0.2, 0.25) is 0 Å². The first-order valence-corrected chi connectivity index (χ1v) is 16.7. The number of aromatic nitrogens is 1. The maximum Gasteiger partial charge on any atom is 0.143 e. The molecule has 8 aromatic carbocycles. The van der Waals surface area contributed by atoms with E-state index in [1.54, 1.807) is 0 Å². The van der Waals surface area contributed by atoms with Crippen molar-refractivity contribution in [2.24, 2.45) is 0 Å². The molecule has 0 aliphatic rings. The van der Waals surface area contributed by atoms with E-state index in [2.05, 4.69) is 185 Å². The van der Waals surface area contributed by atoms with Crippen molar-refractivity contribution in [2.45, 2.75) is 0 Å². The zero-order valence-electron chi connectivity index (χ0n) is 26.6. The molecule has 10 aromatic rings. The summed E-state index contributed by atoms with van der Waals surface area (Å²) in [6.45, 7) is 0. The van der Waals surface area contributed by atoms with Crippen molar-refractivity contribution in [3.05, 3.63) is 182 Å². The van der Waals surface area contributed by atoms with Crippen LogP contribution in [-0.2, 0) is 0 Å². The van der Waals surface area contributed by atoms with Crippen molar-refractivity contribution in [2.75, 3.05) is 4.90 Å². The maximum atomic E-state index is 6.64. The number of furan rings is 1. The Balaban J connectivity index is 1.19. The summed E-state index contributed by atoms with van der Waals surface area (Å²) in [6.07, 6.45) is 0. The second-order valence-corrected chi connectivity index (χ2v) is 12.6. The third kappa shape index (κ3) is 4.44. The average Bonchev–Trinajstić information content (AvgIpc) is 3.71. The molecule has 3 heteroatoms. The van der Waals surface area contributed by atoms with Crippen LogP contribution in [0.3, 0.4) is 0 Å². The lowest BCUT2D eigenvalue weighted by Gasteiger charge is -2.26. The molecule has 3 nitrogen and oxygen atoms in total. The van der Waals surface area contributed by atoms with Crippen LogP contribution in [0.25, 0.3) is 71.3 Å². The summed E-state index contributed by atoms with van der Waals surface area (Å²) in [5.74, 6) is 0. The van der Waals surface area contributed by atoms with Gasteiger partial charge < -0.3 is 13.9 Å². The molecule has 230 valence electrons. The lowest BCUT2D eigenvalue weighted by atomic mass is 9.99. The van der Waals surface area contributed by atoms with Gasteiger partial charge in [-0.05, 0) is 83.1 Å². The first-order valence-electron chi connectivity index (χ1n) is 16.7. The number of benzene rings is 8. The predicted molar refractivity (Wildman–Crippen MR) is 206 cm³/mol. The van der Waals surface area contributed by atoms with Crippen LogP contribution in [0.4, 0.5) is 17.1 Å². The van der Waals surface area contributed by atoms with E-state index in [4.69, 9.17) is 4.42 Å². The molecule has 0 aliphatic carbocycles. The van der Waals surface area contributed by atoms with Gasteiger partial charge in [0.1, 0.15) is 11.2 Å². The number of fused-ring (bicyclic) bond motifs is 7. The lowest BCUT2D eigenvalue weighted by molar-refractivity contribution is 0.670. The van der Waals surface area contributed by atoms with Gasteiger partial charge in [-0.15, -0.1) is 0 Å². The number of hydrogen-bond donors (Lipinski definition) is 0. The van der Waals surface area contributed by atoms with Gasteiger partial charge in [-0.1, -0.05) is 115 Å². The van der Waals surface area contributed by atoms with Gasteiger partial charge in [0.05, 0.1) is 11.0 Å².